The fourth-order valence-corrected chi connectivity index (χ4v) is 3.11. The molecule has 0 bridgehead atoms. The van der Waals surface area contributed by atoms with Crippen LogP contribution in [0.1, 0.15) is 45.4 Å². The minimum absolute atomic E-state index is 0.0379. The molecule has 1 unspecified atom stereocenters. The summed E-state index contributed by atoms with van der Waals surface area (Å²) >= 11 is 0. The maximum Gasteiger partial charge on any atom is 0.209 e. The van der Waals surface area contributed by atoms with Crippen molar-refractivity contribution in [2.75, 3.05) is 12.4 Å². The minimum atomic E-state index is -3.37. The summed E-state index contributed by atoms with van der Waals surface area (Å²) in [6.07, 6.45) is 7.13. The van der Waals surface area contributed by atoms with E-state index in [4.69, 9.17) is 9.88 Å². The SMILES string of the molecule is CCC(COC1CCCCC1)CS(N)(=O)=O. The fourth-order valence-electron chi connectivity index (χ4n) is 2.12. The third-order valence-corrected chi connectivity index (χ3v) is 4.10. The molecule has 0 aliphatic heterocycles. The van der Waals surface area contributed by atoms with Crippen molar-refractivity contribution in [1.82, 2.24) is 0 Å². The van der Waals surface area contributed by atoms with Gasteiger partial charge in [-0.15, -0.1) is 0 Å². The average molecular weight is 249 g/mol. The molecule has 1 saturated carbocycles. The molecule has 1 aliphatic rings. The maximum absolute atomic E-state index is 11.0. The van der Waals surface area contributed by atoms with Gasteiger partial charge in [-0.25, -0.2) is 13.6 Å². The van der Waals surface area contributed by atoms with Gasteiger partial charge in [-0.2, -0.15) is 0 Å². The number of hydrogen-bond acceptors (Lipinski definition) is 3. The molecule has 0 aromatic heterocycles. The molecule has 1 aliphatic carbocycles. The second-order valence-electron chi connectivity index (χ2n) is 4.70. The molecule has 4 nitrogen and oxygen atoms in total. The van der Waals surface area contributed by atoms with Gasteiger partial charge in [0.25, 0.3) is 0 Å². The lowest BCUT2D eigenvalue weighted by Gasteiger charge is -2.24. The van der Waals surface area contributed by atoms with Crippen LogP contribution in [0, 0.1) is 5.92 Å². The van der Waals surface area contributed by atoms with Crippen molar-refractivity contribution in [3.8, 4) is 0 Å². The topological polar surface area (TPSA) is 69.4 Å². The Balaban J connectivity index is 2.27. The van der Waals surface area contributed by atoms with Gasteiger partial charge in [0.2, 0.25) is 10.0 Å². The average Bonchev–Trinajstić information content (AvgIpc) is 2.24. The summed E-state index contributed by atoms with van der Waals surface area (Å²) in [6, 6.07) is 0. The molecule has 1 rings (SSSR count). The van der Waals surface area contributed by atoms with Crippen LogP contribution in [0.4, 0.5) is 0 Å². The van der Waals surface area contributed by atoms with Crippen LogP contribution in [-0.4, -0.2) is 26.9 Å². The highest BCUT2D eigenvalue weighted by Gasteiger charge is 2.18. The van der Waals surface area contributed by atoms with Gasteiger partial charge in [-0.1, -0.05) is 32.6 Å². The number of sulfonamides is 1. The van der Waals surface area contributed by atoms with Gasteiger partial charge < -0.3 is 4.74 Å². The highest BCUT2D eigenvalue weighted by molar-refractivity contribution is 7.89. The summed E-state index contributed by atoms with van der Waals surface area (Å²) in [5.41, 5.74) is 0. The first-order chi connectivity index (χ1) is 7.51. The highest BCUT2D eigenvalue weighted by Crippen LogP contribution is 2.21. The maximum atomic E-state index is 11.0. The Morgan fingerprint density at radius 3 is 2.44 bits per heavy atom. The normalized spacial score (nSPS) is 20.9. The Morgan fingerprint density at radius 1 is 1.31 bits per heavy atom. The van der Waals surface area contributed by atoms with E-state index in [1.165, 1.54) is 19.3 Å². The molecule has 5 heteroatoms. The van der Waals surface area contributed by atoms with E-state index in [1.807, 2.05) is 6.92 Å². The zero-order valence-electron chi connectivity index (χ0n) is 10.0. The van der Waals surface area contributed by atoms with Crippen molar-refractivity contribution < 1.29 is 13.2 Å². The molecule has 0 spiro atoms. The molecule has 1 fully saturated rings. The van der Waals surface area contributed by atoms with Gasteiger partial charge in [0.1, 0.15) is 0 Å². The standard InChI is InChI=1S/C11H23NO3S/c1-2-10(9-16(12,13)14)8-15-11-6-4-3-5-7-11/h10-11H,2-9H2,1H3,(H2,12,13,14). The van der Waals surface area contributed by atoms with E-state index >= 15 is 0 Å². The summed E-state index contributed by atoms with van der Waals surface area (Å²) in [5, 5.41) is 5.04. The van der Waals surface area contributed by atoms with Crippen LogP contribution in [0.5, 0.6) is 0 Å². The summed E-state index contributed by atoms with van der Waals surface area (Å²) in [4.78, 5) is 0. The molecule has 0 amide bonds. The van der Waals surface area contributed by atoms with Crippen LogP contribution in [0.25, 0.3) is 0 Å². The van der Waals surface area contributed by atoms with E-state index in [2.05, 4.69) is 0 Å². The van der Waals surface area contributed by atoms with E-state index in [0.29, 0.717) is 12.7 Å². The van der Waals surface area contributed by atoms with Gasteiger partial charge in [0.05, 0.1) is 18.5 Å². The van der Waals surface area contributed by atoms with Crippen molar-refractivity contribution >= 4 is 10.0 Å². The van der Waals surface area contributed by atoms with E-state index in [9.17, 15) is 8.42 Å². The summed E-state index contributed by atoms with van der Waals surface area (Å²) in [5.74, 6) is 0.0767. The van der Waals surface area contributed by atoms with Gasteiger partial charge in [-0.3, -0.25) is 0 Å². The molecule has 0 saturated heterocycles. The number of primary sulfonamides is 1. The number of nitrogens with two attached hydrogens (primary N) is 1. The predicted molar refractivity (Wildman–Crippen MR) is 64.6 cm³/mol. The first-order valence-corrected chi connectivity index (χ1v) is 7.85. The second-order valence-corrected chi connectivity index (χ2v) is 6.36. The Hall–Kier alpha value is -0.130. The first-order valence-electron chi connectivity index (χ1n) is 6.13. The van der Waals surface area contributed by atoms with E-state index in [-0.39, 0.29) is 11.7 Å². The number of ether oxygens (including phenoxy) is 1. The lowest BCUT2D eigenvalue weighted by atomic mass is 9.97. The first kappa shape index (κ1) is 13.9. The van der Waals surface area contributed by atoms with Crippen molar-refractivity contribution in [3.63, 3.8) is 0 Å². The molecule has 0 heterocycles. The molecule has 16 heavy (non-hydrogen) atoms. The zero-order valence-corrected chi connectivity index (χ0v) is 10.8. The van der Waals surface area contributed by atoms with Crippen molar-refractivity contribution in [3.05, 3.63) is 0 Å². The lowest BCUT2D eigenvalue weighted by molar-refractivity contribution is 0.0108. The van der Waals surface area contributed by atoms with Crippen LogP contribution in [-0.2, 0) is 14.8 Å². The zero-order chi connectivity index (χ0) is 12.0. The third kappa shape index (κ3) is 5.82. The van der Waals surface area contributed by atoms with Crippen molar-refractivity contribution in [1.29, 1.82) is 0 Å². The third-order valence-electron chi connectivity index (χ3n) is 3.17. The Labute approximate surface area is 98.6 Å². The summed E-state index contributed by atoms with van der Waals surface area (Å²) < 4.78 is 27.7. The lowest BCUT2D eigenvalue weighted by Crippen LogP contribution is -2.28. The van der Waals surface area contributed by atoms with Gasteiger partial charge in [0.15, 0.2) is 0 Å². The van der Waals surface area contributed by atoms with Crippen LogP contribution in [0.3, 0.4) is 0 Å². The van der Waals surface area contributed by atoms with Gasteiger partial charge in [-0.05, 0) is 18.8 Å². The van der Waals surface area contributed by atoms with Crippen LogP contribution in [0.2, 0.25) is 0 Å². The van der Waals surface area contributed by atoms with Crippen LogP contribution >= 0.6 is 0 Å². The Kier molecular flexibility index (Phi) is 5.72. The van der Waals surface area contributed by atoms with E-state index in [1.54, 1.807) is 0 Å². The van der Waals surface area contributed by atoms with E-state index < -0.39 is 10.0 Å². The van der Waals surface area contributed by atoms with E-state index in [0.717, 1.165) is 19.3 Å². The highest BCUT2D eigenvalue weighted by atomic mass is 32.2. The molecule has 0 aromatic carbocycles. The quantitative estimate of drug-likeness (QED) is 0.778. The number of hydrogen-bond donors (Lipinski definition) is 1. The molecular formula is C11H23NO3S. The van der Waals surface area contributed by atoms with Crippen molar-refractivity contribution in [2.24, 2.45) is 11.1 Å². The number of rotatable bonds is 6. The van der Waals surface area contributed by atoms with Gasteiger partial charge >= 0.3 is 0 Å². The Morgan fingerprint density at radius 2 is 1.94 bits per heavy atom. The fraction of sp³-hybridized carbons (Fsp3) is 1.00. The second kappa shape index (κ2) is 6.57. The monoisotopic (exact) mass is 249 g/mol. The minimum Gasteiger partial charge on any atom is -0.378 e. The van der Waals surface area contributed by atoms with Gasteiger partial charge in [0, 0.05) is 0 Å². The molecule has 1 atom stereocenters. The summed E-state index contributed by atoms with van der Waals surface area (Å²) in [7, 11) is -3.37. The van der Waals surface area contributed by atoms with Crippen LogP contribution < -0.4 is 5.14 Å². The Bertz CT molecular complexity index is 284. The predicted octanol–water partition coefficient (Wildman–Crippen LogP) is 1.65. The summed E-state index contributed by atoms with van der Waals surface area (Å²) in [6.45, 7) is 2.50. The molecule has 2 N–H and O–H groups in total. The molecule has 0 aromatic rings. The van der Waals surface area contributed by atoms with Crippen molar-refractivity contribution in [2.45, 2.75) is 51.6 Å². The largest absolute Gasteiger partial charge is 0.378 e. The molecule has 96 valence electrons. The molecular weight excluding hydrogens is 226 g/mol. The molecule has 0 radical (unpaired) electrons. The smallest absolute Gasteiger partial charge is 0.209 e. The van der Waals surface area contributed by atoms with Crippen LogP contribution in [0.15, 0.2) is 0 Å².